The molecule has 2 N–H and O–H groups in total. The molecule has 0 aromatic heterocycles. The van der Waals surface area contributed by atoms with Crippen molar-refractivity contribution >= 4 is 11.6 Å². The molecule has 0 aliphatic heterocycles. The number of rotatable bonds is 5. The normalized spacial score (nSPS) is 24.3. The Balaban J connectivity index is 2.08. The van der Waals surface area contributed by atoms with Crippen LogP contribution >= 0.6 is 11.6 Å². The second-order valence-corrected chi connectivity index (χ2v) is 6.58. The number of nitrogens with two attached hydrogens (primary N) is 1. The summed E-state index contributed by atoms with van der Waals surface area (Å²) in [5, 5.41) is 0.167. The van der Waals surface area contributed by atoms with E-state index in [2.05, 4.69) is 18.9 Å². The van der Waals surface area contributed by atoms with Gasteiger partial charge in [0.2, 0.25) is 0 Å². The summed E-state index contributed by atoms with van der Waals surface area (Å²) in [6.45, 7) is 2.76. The maximum absolute atomic E-state index is 13.7. The molecule has 1 aromatic carbocycles. The molecule has 0 saturated heterocycles. The van der Waals surface area contributed by atoms with Crippen LogP contribution in [0, 0.1) is 11.7 Å². The molecule has 0 spiro atoms. The highest BCUT2D eigenvalue weighted by Crippen LogP contribution is 2.33. The first-order chi connectivity index (χ1) is 10.1. The van der Waals surface area contributed by atoms with Gasteiger partial charge in [-0.2, -0.15) is 0 Å². The summed E-state index contributed by atoms with van der Waals surface area (Å²) in [5.41, 5.74) is 6.87. The summed E-state index contributed by atoms with van der Waals surface area (Å²) in [5.74, 6) is 0.509. The lowest BCUT2D eigenvalue weighted by atomic mass is 9.83. The van der Waals surface area contributed by atoms with Gasteiger partial charge in [-0.1, -0.05) is 31.0 Å². The maximum atomic E-state index is 13.7. The predicted molar refractivity (Wildman–Crippen MR) is 87.0 cm³/mol. The van der Waals surface area contributed by atoms with Gasteiger partial charge in [0.15, 0.2) is 0 Å². The number of hydrogen-bond donors (Lipinski definition) is 1. The minimum Gasteiger partial charge on any atom is -0.329 e. The SMILES string of the molecule is CCC1CCC(N(C)C(CN)c2ccc(Cl)c(F)c2)CC1. The van der Waals surface area contributed by atoms with Gasteiger partial charge in [-0.05, 0) is 56.3 Å². The van der Waals surface area contributed by atoms with Gasteiger partial charge in [0.1, 0.15) is 5.82 Å². The minimum absolute atomic E-state index is 0.0555. The van der Waals surface area contributed by atoms with Crippen molar-refractivity contribution in [1.82, 2.24) is 4.90 Å². The second-order valence-electron chi connectivity index (χ2n) is 6.17. The van der Waals surface area contributed by atoms with Crippen LogP contribution in [0.2, 0.25) is 5.02 Å². The fraction of sp³-hybridized carbons (Fsp3) is 0.647. The van der Waals surface area contributed by atoms with Crippen LogP contribution in [0.3, 0.4) is 0 Å². The molecular formula is C17H26ClFN2. The molecule has 0 amide bonds. The van der Waals surface area contributed by atoms with Gasteiger partial charge in [0.25, 0.3) is 0 Å². The van der Waals surface area contributed by atoms with Gasteiger partial charge in [-0.15, -0.1) is 0 Å². The molecule has 1 fully saturated rings. The zero-order valence-electron chi connectivity index (χ0n) is 13.0. The summed E-state index contributed by atoms with van der Waals surface area (Å²) >= 11 is 5.77. The first-order valence-corrected chi connectivity index (χ1v) is 8.31. The van der Waals surface area contributed by atoms with Crippen molar-refractivity contribution in [2.45, 2.75) is 51.1 Å². The van der Waals surface area contributed by atoms with E-state index in [1.807, 2.05) is 6.07 Å². The molecule has 0 bridgehead atoms. The van der Waals surface area contributed by atoms with Crippen molar-refractivity contribution < 1.29 is 4.39 Å². The standard InChI is InChI=1S/C17H26ClFN2/c1-3-12-4-7-14(8-5-12)21(2)17(11-20)13-6-9-15(18)16(19)10-13/h6,9-10,12,14,17H,3-5,7-8,11,20H2,1-2H3. The van der Waals surface area contributed by atoms with Crippen LogP contribution in [0.4, 0.5) is 4.39 Å². The first kappa shape index (κ1) is 16.7. The molecule has 1 aliphatic carbocycles. The van der Waals surface area contributed by atoms with Crippen LogP contribution in [-0.4, -0.2) is 24.5 Å². The number of benzene rings is 1. The highest BCUT2D eigenvalue weighted by molar-refractivity contribution is 6.30. The second kappa shape index (κ2) is 7.57. The van der Waals surface area contributed by atoms with E-state index in [4.69, 9.17) is 17.3 Å². The van der Waals surface area contributed by atoms with Gasteiger partial charge in [-0.3, -0.25) is 4.90 Å². The largest absolute Gasteiger partial charge is 0.329 e. The Morgan fingerprint density at radius 1 is 1.33 bits per heavy atom. The van der Waals surface area contributed by atoms with Gasteiger partial charge in [0, 0.05) is 18.6 Å². The highest BCUT2D eigenvalue weighted by Gasteiger charge is 2.27. The average molecular weight is 313 g/mol. The zero-order valence-corrected chi connectivity index (χ0v) is 13.7. The molecule has 1 unspecified atom stereocenters. The van der Waals surface area contributed by atoms with Crippen molar-refractivity contribution in [2.24, 2.45) is 11.7 Å². The molecule has 4 heteroatoms. The predicted octanol–water partition coefficient (Wildman–Crippen LogP) is 4.38. The van der Waals surface area contributed by atoms with Crippen LogP contribution in [0.15, 0.2) is 18.2 Å². The fourth-order valence-corrected chi connectivity index (χ4v) is 3.59. The number of likely N-dealkylation sites (N-methyl/N-ethyl adjacent to an activating group) is 1. The Hall–Kier alpha value is -0.640. The molecule has 118 valence electrons. The summed E-state index contributed by atoms with van der Waals surface area (Å²) in [6, 6.07) is 5.63. The van der Waals surface area contributed by atoms with Crippen molar-refractivity contribution in [3.8, 4) is 0 Å². The van der Waals surface area contributed by atoms with Crippen LogP contribution in [-0.2, 0) is 0 Å². The molecule has 1 aromatic rings. The summed E-state index contributed by atoms with van der Waals surface area (Å²) in [6.07, 6.45) is 6.28. The molecule has 0 heterocycles. The topological polar surface area (TPSA) is 29.3 Å². The Bertz CT molecular complexity index is 458. The van der Waals surface area contributed by atoms with E-state index in [1.165, 1.54) is 38.2 Å². The van der Waals surface area contributed by atoms with Crippen molar-refractivity contribution in [3.63, 3.8) is 0 Å². The van der Waals surface area contributed by atoms with Crippen LogP contribution < -0.4 is 5.73 Å². The van der Waals surface area contributed by atoms with Crippen molar-refractivity contribution in [1.29, 1.82) is 0 Å². The average Bonchev–Trinajstić information content (AvgIpc) is 2.51. The van der Waals surface area contributed by atoms with Crippen molar-refractivity contribution in [3.05, 3.63) is 34.6 Å². The third-order valence-electron chi connectivity index (χ3n) is 5.01. The molecule has 21 heavy (non-hydrogen) atoms. The van der Waals surface area contributed by atoms with E-state index in [-0.39, 0.29) is 16.9 Å². The van der Waals surface area contributed by atoms with E-state index in [9.17, 15) is 4.39 Å². The van der Waals surface area contributed by atoms with E-state index >= 15 is 0 Å². The quantitative estimate of drug-likeness (QED) is 0.874. The Labute approximate surface area is 132 Å². The van der Waals surface area contributed by atoms with E-state index in [1.54, 1.807) is 6.07 Å². The summed E-state index contributed by atoms with van der Waals surface area (Å²) in [7, 11) is 2.11. The maximum Gasteiger partial charge on any atom is 0.142 e. The van der Waals surface area contributed by atoms with Crippen LogP contribution in [0.25, 0.3) is 0 Å². The number of halogens is 2. The van der Waals surface area contributed by atoms with E-state index in [0.717, 1.165) is 11.5 Å². The van der Waals surface area contributed by atoms with Crippen LogP contribution in [0.1, 0.15) is 50.6 Å². The third kappa shape index (κ3) is 3.97. The third-order valence-corrected chi connectivity index (χ3v) is 5.32. The number of hydrogen-bond acceptors (Lipinski definition) is 2. The molecule has 2 nitrogen and oxygen atoms in total. The minimum atomic E-state index is -0.365. The Morgan fingerprint density at radius 3 is 2.52 bits per heavy atom. The Kier molecular flexibility index (Phi) is 6.03. The van der Waals surface area contributed by atoms with Gasteiger partial charge in [-0.25, -0.2) is 4.39 Å². The Morgan fingerprint density at radius 2 is 2.00 bits per heavy atom. The monoisotopic (exact) mass is 312 g/mol. The first-order valence-electron chi connectivity index (χ1n) is 7.93. The van der Waals surface area contributed by atoms with E-state index < -0.39 is 0 Å². The fourth-order valence-electron chi connectivity index (χ4n) is 3.47. The smallest absolute Gasteiger partial charge is 0.142 e. The molecule has 1 aliphatic rings. The van der Waals surface area contributed by atoms with E-state index in [0.29, 0.717) is 12.6 Å². The highest BCUT2D eigenvalue weighted by atomic mass is 35.5. The zero-order chi connectivity index (χ0) is 15.4. The van der Waals surface area contributed by atoms with Crippen LogP contribution in [0.5, 0.6) is 0 Å². The summed E-state index contributed by atoms with van der Waals surface area (Å²) < 4.78 is 13.7. The van der Waals surface area contributed by atoms with Gasteiger partial charge in [0.05, 0.1) is 5.02 Å². The van der Waals surface area contributed by atoms with Gasteiger partial charge >= 0.3 is 0 Å². The lowest BCUT2D eigenvalue weighted by Crippen LogP contribution is -2.40. The van der Waals surface area contributed by atoms with Gasteiger partial charge < -0.3 is 5.73 Å². The molecule has 1 saturated carbocycles. The summed E-state index contributed by atoms with van der Waals surface area (Å²) in [4.78, 5) is 2.33. The van der Waals surface area contributed by atoms with Crippen molar-refractivity contribution in [2.75, 3.05) is 13.6 Å². The molecular weight excluding hydrogens is 287 g/mol. The molecule has 0 radical (unpaired) electrons. The lowest BCUT2D eigenvalue weighted by molar-refractivity contribution is 0.122. The lowest BCUT2D eigenvalue weighted by Gasteiger charge is -2.39. The molecule has 1 atom stereocenters. The molecule has 2 rings (SSSR count). The number of nitrogens with zero attached hydrogens (tertiary/aromatic N) is 1.